The van der Waals surface area contributed by atoms with Crippen molar-refractivity contribution in [3.8, 4) is 0 Å². The standard InChI is InChI=1S/C21H23N5O/c1-14(2)17-6-4-5-15(3)20(17)26-19-13-23-18(12-24-19)21(27)25-11-16-7-9-22-10-8-16/h4-10,12-14H,11H2,1-3H3,(H,24,26)(H,25,27). The van der Waals surface area contributed by atoms with Gasteiger partial charge in [-0.25, -0.2) is 9.97 Å². The Balaban J connectivity index is 1.68. The number of carbonyl (C=O) groups is 1. The van der Waals surface area contributed by atoms with Gasteiger partial charge in [0, 0.05) is 24.6 Å². The van der Waals surface area contributed by atoms with Crippen molar-refractivity contribution in [3.05, 3.63) is 77.5 Å². The first-order chi connectivity index (χ1) is 13.0. The van der Waals surface area contributed by atoms with Crippen LogP contribution in [0.5, 0.6) is 0 Å². The van der Waals surface area contributed by atoms with Crippen LogP contribution in [0.4, 0.5) is 11.5 Å². The molecule has 1 aromatic carbocycles. The molecular formula is C21H23N5O. The van der Waals surface area contributed by atoms with Crippen molar-refractivity contribution in [2.75, 3.05) is 5.32 Å². The van der Waals surface area contributed by atoms with Gasteiger partial charge in [0.05, 0.1) is 12.4 Å². The molecule has 0 fully saturated rings. The molecule has 0 unspecified atom stereocenters. The molecule has 0 spiro atoms. The van der Waals surface area contributed by atoms with Crippen LogP contribution >= 0.6 is 0 Å². The Hall–Kier alpha value is -3.28. The number of para-hydroxylation sites is 1. The zero-order chi connectivity index (χ0) is 19.2. The third-order valence-corrected chi connectivity index (χ3v) is 4.27. The van der Waals surface area contributed by atoms with E-state index in [9.17, 15) is 4.79 Å². The molecule has 3 aromatic rings. The van der Waals surface area contributed by atoms with Crippen molar-refractivity contribution in [2.45, 2.75) is 33.2 Å². The molecule has 0 aliphatic rings. The highest BCUT2D eigenvalue weighted by Crippen LogP contribution is 2.29. The lowest BCUT2D eigenvalue weighted by Crippen LogP contribution is -2.24. The molecular weight excluding hydrogens is 338 g/mol. The third kappa shape index (κ3) is 4.67. The zero-order valence-corrected chi connectivity index (χ0v) is 15.7. The number of aryl methyl sites for hydroxylation is 1. The van der Waals surface area contributed by atoms with Crippen molar-refractivity contribution in [1.29, 1.82) is 0 Å². The Morgan fingerprint density at radius 1 is 1.07 bits per heavy atom. The molecule has 1 amide bonds. The van der Waals surface area contributed by atoms with Crippen molar-refractivity contribution in [1.82, 2.24) is 20.3 Å². The molecule has 0 radical (unpaired) electrons. The van der Waals surface area contributed by atoms with Crippen molar-refractivity contribution in [2.24, 2.45) is 0 Å². The summed E-state index contributed by atoms with van der Waals surface area (Å²) in [4.78, 5) is 24.8. The molecule has 27 heavy (non-hydrogen) atoms. The van der Waals surface area contributed by atoms with Gasteiger partial charge in [0.2, 0.25) is 0 Å². The highest BCUT2D eigenvalue weighted by Gasteiger charge is 2.11. The Morgan fingerprint density at radius 3 is 2.52 bits per heavy atom. The van der Waals surface area contributed by atoms with Crippen LogP contribution in [0.3, 0.4) is 0 Å². The van der Waals surface area contributed by atoms with Crippen LogP contribution in [-0.4, -0.2) is 20.9 Å². The lowest BCUT2D eigenvalue weighted by molar-refractivity contribution is 0.0945. The minimum atomic E-state index is -0.260. The van der Waals surface area contributed by atoms with E-state index >= 15 is 0 Å². The smallest absolute Gasteiger partial charge is 0.271 e. The normalized spacial score (nSPS) is 10.7. The number of amides is 1. The fourth-order valence-electron chi connectivity index (χ4n) is 2.75. The summed E-state index contributed by atoms with van der Waals surface area (Å²) in [5.74, 6) is 0.736. The molecule has 0 saturated heterocycles. The van der Waals surface area contributed by atoms with E-state index in [1.54, 1.807) is 18.6 Å². The van der Waals surface area contributed by atoms with Gasteiger partial charge in [-0.3, -0.25) is 9.78 Å². The van der Waals surface area contributed by atoms with E-state index in [0.29, 0.717) is 18.3 Å². The van der Waals surface area contributed by atoms with Crippen LogP contribution in [0.1, 0.15) is 46.9 Å². The van der Waals surface area contributed by atoms with Gasteiger partial charge in [-0.15, -0.1) is 0 Å². The first-order valence-corrected chi connectivity index (χ1v) is 8.90. The van der Waals surface area contributed by atoms with Crippen LogP contribution < -0.4 is 10.6 Å². The summed E-state index contributed by atoms with van der Waals surface area (Å²) in [6.45, 7) is 6.79. The number of carbonyl (C=O) groups excluding carboxylic acids is 1. The second-order valence-corrected chi connectivity index (χ2v) is 6.64. The summed E-state index contributed by atoms with van der Waals surface area (Å²) in [5.41, 5.74) is 4.66. The Labute approximate surface area is 159 Å². The summed E-state index contributed by atoms with van der Waals surface area (Å²) in [5, 5.41) is 6.16. The number of anilines is 2. The van der Waals surface area contributed by atoms with E-state index < -0.39 is 0 Å². The molecule has 6 nitrogen and oxygen atoms in total. The lowest BCUT2D eigenvalue weighted by Gasteiger charge is -2.16. The maximum atomic E-state index is 12.2. The fraction of sp³-hybridized carbons (Fsp3) is 0.238. The van der Waals surface area contributed by atoms with Gasteiger partial charge >= 0.3 is 0 Å². The van der Waals surface area contributed by atoms with Gasteiger partial charge in [-0.2, -0.15) is 0 Å². The molecule has 0 aliphatic carbocycles. The Kier molecular flexibility index (Phi) is 5.76. The third-order valence-electron chi connectivity index (χ3n) is 4.27. The number of aromatic nitrogens is 3. The summed E-state index contributed by atoms with van der Waals surface area (Å²) in [7, 11) is 0. The topological polar surface area (TPSA) is 79.8 Å². The number of hydrogen-bond acceptors (Lipinski definition) is 5. The van der Waals surface area contributed by atoms with Crippen LogP contribution in [0.25, 0.3) is 0 Å². The summed E-state index contributed by atoms with van der Waals surface area (Å²) in [6.07, 6.45) is 6.45. The van der Waals surface area contributed by atoms with E-state index in [0.717, 1.165) is 16.8 Å². The number of nitrogens with one attached hydrogen (secondary N) is 2. The minimum absolute atomic E-state index is 0.260. The first-order valence-electron chi connectivity index (χ1n) is 8.90. The molecule has 138 valence electrons. The fourth-order valence-corrected chi connectivity index (χ4v) is 2.75. The van der Waals surface area contributed by atoms with Crippen LogP contribution in [0.2, 0.25) is 0 Å². The monoisotopic (exact) mass is 361 g/mol. The first kappa shape index (κ1) is 18.5. The van der Waals surface area contributed by atoms with Crippen molar-refractivity contribution in [3.63, 3.8) is 0 Å². The highest BCUT2D eigenvalue weighted by atomic mass is 16.1. The van der Waals surface area contributed by atoms with Crippen LogP contribution in [0.15, 0.2) is 55.1 Å². The lowest BCUT2D eigenvalue weighted by atomic mass is 9.98. The Morgan fingerprint density at radius 2 is 1.85 bits per heavy atom. The summed E-state index contributed by atoms with van der Waals surface area (Å²) < 4.78 is 0. The predicted molar refractivity (Wildman–Crippen MR) is 106 cm³/mol. The predicted octanol–water partition coefficient (Wildman–Crippen LogP) is 3.98. The van der Waals surface area contributed by atoms with Gasteiger partial charge in [0.15, 0.2) is 0 Å². The second-order valence-electron chi connectivity index (χ2n) is 6.64. The van der Waals surface area contributed by atoms with Gasteiger partial charge in [-0.1, -0.05) is 32.0 Å². The maximum Gasteiger partial charge on any atom is 0.271 e. The molecule has 0 aliphatic heterocycles. The van der Waals surface area contributed by atoms with Crippen molar-refractivity contribution >= 4 is 17.4 Å². The molecule has 3 rings (SSSR count). The molecule has 0 bridgehead atoms. The average molecular weight is 361 g/mol. The van der Waals surface area contributed by atoms with E-state index in [1.807, 2.05) is 12.1 Å². The van der Waals surface area contributed by atoms with E-state index in [4.69, 9.17) is 0 Å². The average Bonchev–Trinajstić information content (AvgIpc) is 2.69. The van der Waals surface area contributed by atoms with Gasteiger partial charge < -0.3 is 10.6 Å². The number of hydrogen-bond donors (Lipinski definition) is 2. The summed E-state index contributed by atoms with van der Waals surface area (Å²) in [6, 6.07) is 9.93. The molecule has 0 saturated carbocycles. The number of nitrogens with zero attached hydrogens (tertiary/aromatic N) is 3. The number of rotatable bonds is 6. The Bertz CT molecular complexity index is 908. The molecule has 2 aromatic heterocycles. The number of pyridine rings is 1. The summed E-state index contributed by atoms with van der Waals surface area (Å²) >= 11 is 0. The quantitative estimate of drug-likeness (QED) is 0.694. The maximum absolute atomic E-state index is 12.2. The van der Waals surface area contributed by atoms with E-state index in [1.165, 1.54) is 11.8 Å². The van der Waals surface area contributed by atoms with E-state index in [2.05, 4.69) is 64.6 Å². The molecule has 2 N–H and O–H groups in total. The van der Waals surface area contributed by atoms with Crippen LogP contribution in [-0.2, 0) is 6.54 Å². The largest absolute Gasteiger partial charge is 0.347 e. The van der Waals surface area contributed by atoms with Gasteiger partial charge in [0.25, 0.3) is 5.91 Å². The van der Waals surface area contributed by atoms with Crippen molar-refractivity contribution < 1.29 is 4.79 Å². The highest BCUT2D eigenvalue weighted by molar-refractivity contribution is 5.92. The molecule has 2 heterocycles. The van der Waals surface area contributed by atoms with Crippen LogP contribution in [0, 0.1) is 6.92 Å². The van der Waals surface area contributed by atoms with Gasteiger partial charge in [-0.05, 0) is 41.7 Å². The second kappa shape index (κ2) is 8.40. The zero-order valence-electron chi connectivity index (χ0n) is 15.7. The minimum Gasteiger partial charge on any atom is -0.347 e. The SMILES string of the molecule is Cc1cccc(C(C)C)c1Nc1cnc(C(=O)NCc2ccncc2)cn1. The molecule has 0 atom stereocenters. The van der Waals surface area contributed by atoms with E-state index in [-0.39, 0.29) is 11.6 Å². The number of benzene rings is 1. The van der Waals surface area contributed by atoms with Gasteiger partial charge in [0.1, 0.15) is 11.5 Å². The molecule has 6 heteroatoms.